The van der Waals surface area contributed by atoms with E-state index < -0.39 is 17.3 Å². The molecule has 6 nitrogen and oxygen atoms in total. The van der Waals surface area contributed by atoms with E-state index in [9.17, 15) is 14.7 Å². The van der Waals surface area contributed by atoms with Gasteiger partial charge in [-0.25, -0.2) is 4.98 Å². The summed E-state index contributed by atoms with van der Waals surface area (Å²) in [6.45, 7) is 5.93. The van der Waals surface area contributed by atoms with Crippen LogP contribution in [-0.2, 0) is 19.7 Å². The quantitative estimate of drug-likeness (QED) is 0.897. The van der Waals surface area contributed by atoms with Crippen molar-refractivity contribution >= 4 is 23.2 Å². The van der Waals surface area contributed by atoms with Crippen LogP contribution in [0.3, 0.4) is 0 Å². The van der Waals surface area contributed by atoms with Gasteiger partial charge >= 0.3 is 5.97 Å². The van der Waals surface area contributed by atoms with E-state index in [1.807, 2.05) is 19.2 Å². The van der Waals surface area contributed by atoms with Gasteiger partial charge in [0.25, 0.3) is 0 Å². The van der Waals surface area contributed by atoms with Gasteiger partial charge in [0, 0.05) is 37.9 Å². The molecule has 2 aliphatic heterocycles. The second kappa shape index (κ2) is 6.80. The van der Waals surface area contributed by atoms with Gasteiger partial charge in [-0.15, -0.1) is 11.3 Å². The number of likely N-dealkylation sites (tertiary alicyclic amines) is 1. The summed E-state index contributed by atoms with van der Waals surface area (Å²) in [6, 6.07) is 0. The molecular formula is C17H24N2O4S. The fourth-order valence-corrected chi connectivity index (χ4v) is 4.65. The zero-order valence-electron chi connectivity index (χ0n) is 14.1. The first kappa shape index (κ1) is 17.4. The summed E-state index contributed by atoms with van der Waals surface area (Å²) in [7, 11) is 0. The molecule has 0 saturated carbocycles. The normalized spacial score (nSPS) is 25.8. The lowest BCUT2D eigenvalue weighted by atomic mass is 9.80. The van der Waals surface area contributed by atoms with Crippen LogP contribution in [0, 0.1) is 17.8 Å². The van der Waals surface area contributed by atoms with E-state index >= 15 is 0 Å². The molecule has 3 rings (SSSR count). The minimum absolute atomic E-state index is 0.0162. The highest BCUT2D eigenvalue weighted by molar-refractivity contribution is 7.09. The standard InChI is InChI=1S/C17H24N2O4S/c1-17(2,15-18-5-8-24-15)16(22)19-9-12(13(10-19)14(20)21)11-3-6-23-7-4-11/h5,8,11-13H,3-4,6-7,9-10H2,1-2H3,(H,20,21)/t12-,13+/m1/s1. The lowest BCUT2D eigenvalue weighted by molar-refractivity contribution is -0.143. The molecule has 0 radical (unpaired) electrons. The average molecular weight is 352 g/mol. The van der Waals surface area contributed by atoms with Crippen molar-refractivity contribution in [2.75, 3.05) is 26.3 Å². The number of carboxylic acids is 1. The minimum Gasteiger partial charge on any atom is -0.481 e. The smallest absolute Gasteiger partial charge is 0.308 e. The number of carboxylic acid groups (broad SMARTS) is 1. The molecule has 0 spiro atoms. The van der Waals surface area contributed by atoms with E-state index in [2.05, 4.69) is 4.98 Å². The largest absolute Gasteiger partial charge is 0.481 e. The van der Waals surface area contributed by atoms with Crippen molar-refractivity contribution < 1.29 is 19.4 Å². The summed E-state index contributed by atoms with van der Waals surface area (Å²) in [5.41, 5.74) is -0.720. The highest BCUT2D eigenvalue weighted by atomic mass is 32.1. The lowest BCUT2D eigenvalue weighted by Crippen LogP contribution is -2.43. The van der Waals surface area contributed by atoms with Crippen LogP contribution in [0.2, 0.25) is 0 Å². The Morgan fingerprint density at radius 3 is 2.62 bits per heavy atom. The molecule has 2 atom stereocenters. The Kier molecular flexibility index (Phi) is 4.92. The maximum atomic E-state index is 13.0. The number of rotatable bonds is 4. The van der Waals surface area contributed by atoms with Crippen LogP contribution < -0.4 is 0 Å². The summed E-state index contributed by atoms with van der Waals surface area (Å²) >= 11 is 1.46. The van der Waals surface area contributed by atoms with E-state index in [4.69, 9.17) is 4.74 Å². The van der Waals surface area contributed by atoms with Gasteiger partial charge in [0.1, 0.15) is 5.01 Å². The summed E-state index contributed by atoms with van der Waals surface area (Å²) in [5.74, 6) is -0.973. The van der Waals surface area contributed by atoms with Gasteiger partial charge in [-0.1, -0.05) is 0 Å². The van der Waals surface area contributed by atoms with Crippen molar-refractivity contribution in [1.29, 1.82) is 0 Å². The topological polar surface area (TPSA) is 79.7 Å². The van der Waals surface area contributed by atoms with Gasteiger partial charge in [0.2, 0.25) is 5.91 Å². The molecule has 0 aromatic carbocycles. The van der Waals surface area contributed by atoms with Crippen molar-refractivity contribution in [2.45, 2.75) is 32.1 Å². The maximum absolute atomic E-state index is 13.0. The Hall–Kier alpha value is -1.47. The molecule has 0 bridgehead atoms. The second-order valence-corrected chi connectivity index (χ2v) is 8.13. The maximum Gasteiger partial charge on any atom is 0.308 e. The Morgan fingerprint density at radius 1 is 1.33 bits per heavy atom. The minimum atomic E-state index is -0.797. The molecule has 132 valence electrons. The van der Waals surface area contributed by atoms with E-state index in [1.165, 1.54) is 11.3 Å². The molecular weight excluding hydrogens is 328 g/mol. The highest BCUT2D eigenvalue weighted by Gasteiger charge is 2.47. The zero-order valence-corrected chi connectivity index (χ0v) is 14.9. The molecule has 0 unspecified atom stereocenters. The third-order valence-corrected chi connectivity index (χ3v) is 6.44. The molecule has 3 heterocycles. The number of carbonyl (C=O) groups excluding carboxylic acids is 1. The molecule has 1 N–H and O–H groups in total. The Labute approximate surface area is 145 Å². The Balaban J connectivity index is 1.77. The van der Waals surface area contributed by atoms with Crippen LogP contribution >= 0.6 is 11.3 Å². The Bertz CT molecular complexity index is 596. The van der Waals surface area contributed by atoms with Gasteiger partial charge < -0.3 is 14.7 Å². The van der Waals surface area contributed by atoms with Gasteiger partial charge in [-0.05, 0) is 38.5 Å². The fourth-order valence-electron chi connectivity index (χ4n) is 3.90. The molecule has 1 aromatic rings. The third kappa shape index (κ3) is 3.19. The molecule has 2 saturated heterocycles. The van der Waals surface area contributed by atoms with Crippen LogP contribution in [0.25, 0.3) is 0 Å². The van der Waals surface area contributed by atoms with Crippen molar-refractivity contribution in [3.8, 4) is 0 Å². The third-order valence-electron chi connectivity index (χ3n) is 5.34. The number of aromatic nitrogens is 1. The SMILES string of the molecule is CC(C)(C(=O)N1C[C@H](C(=O)O)[C@@H](C2CCOCC2)C1)c1nccs1. The van der Waals surface area contributed by atoms with Crippen molar-refractivity contribution in [3.05, 3.63) is 16.6 Å². The average Bonchev–Trinajstić information content (AvgIpc) is 3.25. The number of ether oxygens (including phenoxy) is 1. The monoisotopic (exact) mass is 352 g/mol. The molecule has 1 aromatic heterocycles. The predicted molar refractivity (Wildman–Crippen MR) is 89.9 cm³/mol. The zero-order chi connectivity index (χ0) is 17.3. The number of aliphatic carboxylic acids is 1. The summed E-state index contributed by atoms with van der Waals surface area (Å²) in [6.07, 6.45) is 3.46. The van der Waals surface area contributed by atoms with Crippen LogP contribution in [0.15, 0.2) is 11.6 Å². The van der Waals surface area contributed by atoms with Crippen molar-refractivity contribution in [2.24, 2.45) is 17.8 Å². The number of nitrogens with zero attached hydrogens (tertiary/aromatic N) is 2. The second-order valence-electron chi connectivity index (χ2n) is 7.23. The highest BCUT2D eigenvalue weighted by Crippen LogP contribution is 2.38. The predicted octanol–water partition coefficient (Wildman–Crippen LogP) is 2.01. The van der Waals surface area contributed by atoms with Crippen molar-refractivity contribution in [3.63, 3.8) is 0 Å². The van der Waals surface area contributed by atoms with E-state index in [0.29, 0.717) is 32.2 Å². The van der Waals surface area contributed by atoms with Crippen LogP contribution in [0.5, 0.6) is 0 Å². The number of thiazole rings is 1. The molecule has 0 aliphatic carbocycles. The number of carbonyl (C=O) groups is 2. The number of hydrogen-bond acceptors (Lipinski definition) is 5. The van der Waals surface area contributed by atoms with Crippen LogP contribution in [-0.4, -0.2) is 53.2 Å². The van der Waals surface area contributed by atoms with E-state index in [-0.39, 0.29) is 11.8 Å². The fraction of sp³-hybridized carbons (Fsp3) is 0.706. The first-order valence-electron chi connectivity index (χ1n) is 8.41. The molecule has 2 fully saturated rings. The van der Waals surface area contributed by atoms with Gasteiger partial charge in [0.05, 0.1) is 11.3 Å². The molecule has 1 amide bonds. The van der Waals surface area contributed by atoms with Gasteiger partial charge in [0.15, 0.2) is 0 Å². The lowest BCUT2D eigenvalue weighted by Gasteiger charge is -2.30. The van der Waals surface area contributed by atoms with Gasteiger partial charge in [-0.2, -0.15) is 0 Å². The summed E-state index contributed by atoms with van der Waals surface area (Å²) in [4.78, 5) is 30.8. The summed E-state index contributed by atoms with van der Waals surface area (Å²) in [5, 5.41) is 12.3. The first-order chi connectivity index (χ1) is 11.4. The number of amides is 1. The first-order valence-corrected chi connectivity index (χ1v) is 9.29. The van der Waals surface area contributed by atoms with Crippen LogP contribution in [0.4, 0.5) is 0 Å². The molecule has 24 heavy (non-hydrogen) atoms. The van der Waals surface area contributed by atoms with E-state index in [1.54, 1.807) is 11.1 Å². The van der Waals surface area contributed by atoms with E-state index in [0.717, 1.165) is 17.8 Å². The molecule has 2 aliphatic rings. The van der Waals surface area contributed by atoms with Crippen LogP contribution in [0.1, 0.15) is 31.7 Å². The Morgan fingerprint density at radius 2 is 2.04 bits per heavy atom. The summed E-state index contributed by atoms with van der Waals surface area (Å²) < 4.78 is 5.40. The molecule has 7 heteroatoms. The van der Waals surface area contributed by atoms with Crippen molar-refractivity contribution in [1.82, 2.24) is 9.88 Å². The van der Waals surface area contributed by atoms with Gasteiger partial charge in [-0.3, -0.25) is 9.59 Å². The number of hydrogen-bond donors (Lipinski definition) is 1.